The van der Waals surface area contributed by atoms with Crippen LogP contribution in [0.15, 0.2) is 23.1 Å². The summed E-state index contributed by atoms with van der Waals surface area (Å²) in [5.41, 5.74) is 0. The monoisotopic (exact) mass is 469 g/mol. The summed E-state index contributed by atoms with van der Waals surface area (Å²) in [6.45, 7) is 10.3. The number of hydrogen-bond acceptors (Lipinski definition) is 4. The first-order valence-corrected chi connectivity index (χ1v) is 14.3. The third kappa shape index (κ3) is 10.6. The Labute approximate surface area is 197 Å². The van der Waals surface area contributed by atoms with Crippen LogP contribution in [-0.2, 0) is 10.0 Å². The Balaban J connectivity index is 2.92. The molecule has 0 bridgehead atoms. The van der Waals surface area contributed by atoms with E-state index < -0.39 is 10.0 Å². The second-order valence-electron chi connectivity index (χ2n) is 8.41. The van der Waals surface area contributed by atoms with E-state index in [9.17, 15) is 8.42 Å². The molecule has 0 saturated heterocycles. The minimum atomic E-state index is -3.63. The van der Waals surface area contributed by atoms with Gasteiger partial charge in [0, 0.05) is 19.2 Å². The Morgan fingerprint density at radius 3 is 1.69 bits per heavy atom. The second kappa shape index (κ2) is 17.2. The van der Waals surface area contributed by atoms with Gasteiger partial charge in [0.15, 0.2) is 0 Å². The number of nitrogens with zero attached hydrogens (tertiary/aromatic N) is 1. The number of ether oxygens (including phenoxy) is 2. The van der Waals surface area contributed by atoms with Gasteiger partial charge in [-0.1, -0.05) is 78.1 Å². The fourth-order valence-corrected chi connectivity index (χ4v) is 5.48. The van der Waals surface area contributed by atoms with Crippen molar-refractivity contribution in [1.82, 2.24) is 4.31 Å². The van der Waals surface area contributed by atoms with E-state index >= 15 is 0 Å². The van der Waals surface area contributed by atoms with Crippen LogP contribution in [0.1, 0.15) is 105 Å². The van der Waals surface area contributed by atoms with E-state index in [1.54, 1.807) is 22.5 Å². The van der Waals surface area contributed by atoms with E-state index in [1.807, 2.05) is 13.8 Å². The predicted octanol–water partition coefficient (Wildman–Crippen LogP) is 7.20. The molecule has 0 atom stereocenters. The largest absolute Gasteiger partial charge is 0.494 e. The third-order valence-corrected chi connectivity index (χ3v) is 7.60. The van der Waals surface area contributed by atoms with Crippen molar-refractivity contribution in [3.8, 4) is 11.5 Å². The molecule has 0 aromatic heterocycles. The first-order valence-electron chi connectivity index (χ1n) is 12.9. The van der Waals surface area contributed by atoms with Gasteiger partial charge in [-0.15, -0.1) is 0 Å². The van der Waals surface area contributed by atoms with Gasteiger partial charge < -0.3 is 9.47 Å². The van der Waals surface area contributed by atoms with Crippen LogP contribution in [0.5, 0.6) is 11.5 Å². The standard InChI is InChI=1S/C26H47NO4S/c1-5-9-11-13-15-17-21-27(22-18-16-14-12-10-6-2)32(28,29)26-20-19-24(30-7-3)23-25(26)31-8-4/h19-20,23H,5-18,21-22H2,1-4H3. The molecule has 0 unspecified atom stereocenters. The van der Waals surface area contributed by atoms with Crippen molar-refractivity contribution in [1.29, 1.82) is 0 Å². The van der Waals surface area contributed by atoms with Crippen LogP contribution >= 0.6 is 0 Å². The predicted molar refractivity (Wildman–Crippen MR) is 134 cm³/mol. The maximum absolute atomic E-state index is 13.6. The molecule has 6 heteroatoms. The molecular formula is C26H47NO4S. The lowest BCUT2D eigenvalue weighted by molar-refractivity contribution is 0.315. The van der Waals surface area contributed by atoms with Crippen molar-refractivity contribution < 1.29 is 17.9 Å². The number of unbranched alkanes of at least 4 members (excludes halogenated alkanes) is 10. The Morgan fingerprint density at radius 2 is 1.19 bits per heavy atom. The van der Waals surface area contributed by atoms with Crippen LogP contribution in [-0.4, -0.2) is 39.0 Å². The van der Waals surface area contributed by atoms with Gasteiger partial charge in [-0.05, 0) is 38.8 Å². The summed E-state index contributed by atoms with van der Waals surface area (Å²) in [6, 6.07) is 5.07. The van der Waals surface area contributed by atoms with Crippen LogP contribution in [0.25, 0.3) is 0 Å². The highest BCUT2D eigenvalue weighted by Gasteiger charge is 2.27. The summed E-state index contributed by atoms with van der Waals surface area (Å²) in [6.07, 6.45) is 13.7. The molecule has 0 spiro atoms. The molecule has 0 fully saturated rings. The van der Waals surface area contributed by atoms with Gasteiger partial charge in [0.2, 0.25) is 10.0 Å². The summed E-state index contributed by atoms with van der Waals surface area (Å²) in [5.74, 6) is 1.02. The molecule has 5 nitrogen and oxygen atoms in total. The molecule has 1 rings (SSSR count). The fourth-order valence-electron chi connectivity index (χ4n) is 3.85. The molecule has 0 aliphatic carbocycles. The molecule has 0 aliphatic rings. The molecule has 0 N–H and O–H groups in total. The van der Waals surface area contributed by atoms with E-state index in [4.69, 9.17) is 9.47 Å². The van der Waals surface area contributed by atoms with Crippen LogP contribution in [0, 0.1) is 0 Å². The first kappa shape index (κ1) is 28.8. The van der Waals surface area contributed by atoms with E-state index in [1.165, 1.54) is 51.4 Å². The number of sulfonamides is 1. The van der Waals surface area contributed by atoms with Crippen LogP contribution < -0.4 is 9.47 Å². The SMILES string of the molecule is CCCCCCCCN(CCCCCCCC)S(=O)(=O)c1ccc(OCC)cc1OCC. The minimum absolute atomic E-state index is 0.250. The Hall–Kier alpha value is -1.27. The van der Waals surface area contributed by atoms with Crippen molar-refractivity contribution in [3.63, 3.8) is 0 Å². The molecule has 1 aromatic carbocycles. The summed E-state index contributed by atoms with van der Waals surface area (Å²) in [5, 5.41) is 0. The lowest BCUT2D eigenvalue weighted by Gasteiger charge is -2.24. The molecule has 186 valence electrons. The quantitative estimate of drug-likeness (QED) is 0.190. The van der Waals surface area contributed by atoms with Crippen molar-refractivity contribution in [3.05, 3.63) is 18.2 Å². The van der Waals surface area contributed by atoms with E-state index in [0.29, 0.717) is 37.8 Å². The average molecular weight is 470 g/mol. The Kier molecular flexibility index (Phi) is 15.5. The lowest BCUT2D eigenvalue weighted by atomic mass is 10.1. The van der Waals surface area contributed by atoms with Crippen LogP contribution in [0.4, 0.5) is 0 Å². The van der Waals surface area contributed by atoms with Gasteiger partial charge in [-0.25, -0.2) is 8.42 Å². The third-order valence-electron chi connectivity index (χ3n) is 5.67. The molecule has 1 aromatic rings. The summed E-state index contributed by atoms with van der Waals surface area (Å²) < 4.78 is 40.2. The molecule has 0 heterocycles. The van der Waals surface area contributed by atoms with E-state index in [2.05, 4.69) is 13.8 Å². The van der Waals surface area contributed by atoms with Crippen molar-refractivity contribution in [2.75, 3.05) is 26.3 Å². The summed E-state index contributed by atoms with van der Waals surface area (Å²) in [7, 11) is -3.63. The normalized spacial score (nSPS) is 11.8. The summed E-state index contributed by atoms with van der Waals surface area (Å²) in [4.78, 5) is 0.250. The maximum Gasteiger partial charge on any atom is 0.246 e. The minimum Gasteiger partial charge on any atom is -0.494 e. The highest BCUT2D eigenvalue weighted by atomic mass is 32.2. The zero-order chi connectivity index (χ0) is 23.7. The molecule has 0 saturated carbocycles. The smallest absolute Gasteiger partial charge is 0.246 e. The number of hydrogen-bond donors (Lipinski definition) is 0. The Morgan fingerprint density at radius 1 is 0.688 bits per heavy atom. The first-order chi connectivity index (χ1) is 15.5. The highest BCUT2D eigenvalue weighted by Crippen LogP contribution is 2.31. The zero-order valence-electron chi connectivity index (χ0n) is 21.0. The molecule has 0 amide bonds. The van der Waals surface area contributed by atoms with Crippen LogP contribution in [0.3, 0.4) is 0 Å². The van der Waals surface area contributed by atoms with Crippen molar-refractivity contribution in [2.24, 2.45) is 0 Å². The molecule has 0 aliphatic heterocycles. The lowest BCUT2D eigenvalue weighted by Crippen LogP contribution is -2.33. The molecular weight excluding hydrogens is 422 g/mol. The fraction of sp³-hybridized carbons (Fsp3) is 0.769. The van der Waals surface area contributed by atoms with Crippen LogP contribution in [0.2, 0.25) is 0 Å². The maximum atomic E-state index is 13.6. The Bertz CT molecular complexity index is 690. The van der Waals surface area contributed by atoms with Crippen molar-refractivity contribution >= 4 is 10.0 Å². The molecule has 0 radical (unpaired) electrons. The molecule has 32 heavy (non-hydrogen) atoms. The second-order valence-corrected chi connectivity index (χ2v) is 10.3. The van der Waals surface area contributed by atoms with Gasteiger partial charge in [0.05, 0.1) is 13.2 Å². The van der Waals surface area contributed by atoms with Crippen molar-refractivity contribution in [2.45, 2.75) is 110 Å². The highest BCUT2D eigenvalue weighted by molar-refractivity contribution is 7.89. The number of rotatable bonds is 20. The summed E-state index contributed by atoms with van der Waals surface area (Å²) >= 11 is 0. The van der Waals surface area contributed by atoms with E-state index in [0.717, 1.165) is 25.7 Å². The topological polar surface area (TPSA) is 55.8 Å². The van der Waals surface area contributed by atoms with E-state index in [-0.39, 0.29) is 4.90 Å². The zero-order valence-corrected chi connectivity index (χ0v) is 21.9. The number of benzene rings is 1. The van der Waals surface area contributed by atoms with Gasteiger partial charge in [-0.3, -0.25) is 0 Å². The average Bonchev–Trinajstić information content (AvgIpc) is 2.77. The van der Waals surface area contributed by atoms with Gasteiger partial charge in [0.25, 0.3) is 0 Å². The van der Waals surface area contributed by atoms with Gasteiger partial charge >= 0.3 is 0 Å². The van der Waals surface area contributed by atoms with Gasteiger partial charge in [0.1, 0.15) is 16.4 Å². The van der Waals surface area contributed by atoms with Gasteiger partial charge in [-0.2, -0.15) is 4.31 Å².